The Kier molecular flexibility index (Phi) is 6.52. The highest BCUT2D eigenvalue weighted by Crippen LogP contribution is 2.28. The van der Waals surface area contributed by atoms with Gasteiger partial charge in [0.1, 0.15) is 0 Å². The smallest absolute Gasteiger partial charge is 0.254 e. The topological polar surface area (TPSA) is 23.6 Å². The molecule has 0 bridgehead atoms. The van der Waals surface area contributed by atoms with Crippen LogP contribution in [0.25, 0.3) is 10.8 Å². The zero-order valence-corrected chi connectivity index (χ0v) is 19.5. The third-order valence-corrected chi connectivity index (χ3v) is 7.70. The van der Waals surface area contributed by atoms with E-state index in [-0.39, 0.29) is 5.91 Å². The Morgan fingerprint density at radius 1 is 0.812 bits per heavy atom. The molecule has 2 fully saturated rings. The molecular weight excluding hydrogens is 412 g/mol. The largest absolute Gasteiger partial charge is 0.339 e. The van der Waals surface area contributed by atoms with Gasteiger partial charge in [-0.25, -0.2) is 0 Å². The van der Waals surface area contributed by atoms with E-state index >= 15 is 0 Å². The maximum atomic E-state index is 13.2. The first-order valence-corrected chi connectivity index (χ1v) is 12.4. The summed E-state index contributed by atoms with van der Waals surface area (Å²) in [5, 5.41) is 2.20. The molecule has 1 amide bonds. The summed E-state index contributed by atoms with van der Waals surface area (Å²) in [5.41, 5.74) is 2.27. The second-order valence-electron chi connectivity index (χ2n) is 9.40. The molecule has 2 saturated heterocycles. The van der Waals surface area contributed by atoms with Crippen LogP contribution in [0, 0.1) is 5.92 Å². The molecule has 166 valence electrons. The van der Waals surface area contributed by atoms with Gasteiger partial charge in [-0.05, 0) is 85.6 Å². The summed E-state index contributed by atoms with van der Waals surface area (Å²) in [6, 6.07) is 23.5. The van der Waals surface area contributed by atoms with Crippen LogP contribution < -0.4 is 0 Å². The molecule has 0 spiro atoms. The molecule has 3 aromatic rings. The summed E-state index contributed by atoms with van der Waals surface area (Å²) < 4.78 is 0. The van der Waals surface area contributed by atoms with Crippen LogP contribution >= 0.6 is 12.6 Å². The minimum Gasteiger partial charge on any atom is -0.339 e. The standard InChI is InChI=1S/C28H32N2OS/c31-28(27-7-3-5-23-4-1-2-6-26(23)27)30-18-14-24(15-19-30)29-16-12-22(13-17-29)20-21-8-10-25(32)11-9-21/h1-11,22,24,32H,12-20H2. The van der Waals surface area contributed by atoms with Crippen LogP contribution in [0.1, 0.15) is 41.6 Å². The molecule has 5 rings (SSSR count). The van der Waals surface area contributed by atoms with E-state index < -0.39 is 0 Å². The van der Waals surface area contributed by atoms with Gasteiger partial charge in [-0.15, -0.1) is 12.6 Å². The third-order valence-electron chi connectivity index (χ3n) is 7.40. The number of nitrogens with zero attached hydrogens (tertiary/aromatic N) is 2. The molecule has 4 heteroatoms. The Labute approximate surface area is 196 Å². The molecular formula is C28H32N2OS. The van der Waals surface area contributed by atoms with Crippen LogP contribution in [0.2, 0.25) is 0 Å². The Morgan fingerprint density at radius 2 is 1.50 bits per heavy atom. The van der Waals surface area contributed by atoms with Crippen molar-refractivity contribution in [1.82, 2.24) is 9.80 Å². The van der Waals surface area contributed by atoms with Gasteiger partial charge in [0.05, 0.1) is 0 Å². The molecule has 0 unspecified atom stereocenters. The molecule has 0 aliphatic carbocycles. The van der Waals surface area contributed by atoms with Gasteiger partial charge in [-0.3, -0.25) is 4.79 Å². The van der Waals surface area contributed by atoms with Gasteiger partial charge >= 0.3 is 0 Å². The normalized spacial score (nSPS) is 18.8. The van der Waals surface area contributed by atoms with Crippen LogP contribution in [0.15, 0.2) is 71.6 Å². The summed E-state index contributed by atoms with van der Waals surface area (Å²) in [6.45, 7) is 4.11. The third kappa shape index (κ3) is 4.72. The SMILES string of the molecule is O=C(c1cccc2ccccc12)N1CCC(N2CCC(Cc3ccc(S)cc3)CC2)CC1. The maximum absolute atomic E-state index is 13.2. The van der Waals surface area contributed by atoms with Crippen molar-refractivity contribution in [1.29, 1.82) is 0 Å². The van der Waals surface area contributed by atoms with E-state index in [2.05, 4.69) is 64.9 Å². The minimum absolute atomic E-state index is 0.186. The van der Waals surface area contributed by atoms with Gasteiger partial charge in [0, 0.05) is 29.6 Å². The number of hydrogen-bond acceptors (Lipinski definition) is 3. The first kappa shape index (κ1) is 21.5. The van der Waals surface area contributed by atoms with Crippen molar-refractivity contribution in [2.24, 2.45) is 5.92 Å². The lowest BCUT2D eigenvalue weighted by Gasteiger charge is -2.42. The molecule has 3 aromatic carbocycles. The van der Waals surface area contributed by atoms with E-state index in [9.17, 15) is 4.79 Å². The molecule has 0 radical (unpaired) electrons. The predicted molar refractivity (Wildman–Crippen MR) is 135 cm³/mol. The fraction of sp³-hybridized carbons (Fsp3) is 0.393. The highest BCUT2D eigenvalue weighted by atomic mass is 32.1. The van der Waals surface area contributed by atoms with Crippen molar-refractivity contribution >= 4 is 29.3 Å². The number of fused-ring (bicyclic) bond motifs is 1. The number of likely N-dealkylation sites (tertiary alicyclic amines) is 2. The predicted octanol–water partition coefficient (Wildman–Crippen LogP) is 5.69. The van der Waals surface area contributed by atoms with E-state index in [1.165, 1.54) is 37.9 Å². The molecule has 3 nitrogen and oxygen atoms in total. The van der Waals surface area contributed by atoms with Gasteiger partial charge in [0.2, 0.25) is 0 Å². The Hall–Kier alpha value is -2.30. The average molecular weight is 445 g/mol. The molecule has 0 atom stereocenters. The van der Waals surface area contributed by atoms with Crippen LogP contribution in [0.3, 0.4) is 0 Å². The van der Waals surface area contributed by atoms with Crippen molar-refractivity contribution in [3.8, 4) is 0 Å². The van der Waals surface area contributed by atoms with Crippen LogP contribution in [-0.4, -0.2) is 47.9 Å². The lowest BCUT2D eigenvalue weighted by Crippen LogP contribution is -2.49. The second-order valence-corrected chi connectivity index (χ2v) is 9.92. The van der Waals surface area contributed by atoms with Gasteiger partial charge in [-0.1, -0.05) is 48.5 Å². The zero-order chi connectivity index (χ0) is 21.9. The first-order chi connectivity index (χ1) is 15.7. The van der Waals surface area contributed by atoms with Crippen molar-refractivity contribution in [3.05, 3.63) is 77.9 Å². The van der Waals surface area contributed by atoms with Crippen LogP contribution in [0.4, 0.5) is 0 Å². The van der Waals surface area contributed by atoms with E-state index in [0.29, 0.717) is 6.04 Å². The van der Waals surface area contributed by atoms with Gasteiger partial charge in [0.15, 0.2) is 0 Å². The molecule has 0 aromatic heterocycles. The highest BCUT2D eigenvalue weighted by molar-refractivity contribution is 7.80. The van der Waals surface area contributed by atoms with Crippen molar-refractivity contribution in [2.45, 2.75) is 43.0 Å². The number of amides is 1. The monoisotopic (exact) mass is 444 g/mol. The van der Waals surface area contributed by atoms with Crippen molar-refractivity contribution in [3.63, 3.8) is 0 Å². The fourth-order valence-electron chi connectivity index (χ4n) is 5.50. The number of rotatable bonds is 4. The number of carbonyl (C=O) groups is 1. The number of carbonyl (C=O) groups excluding carboxylic acids is 1. The summed E-state index contributed by atoms with van der Waals surface area (Å²) >= 11 is 4.39. The van der Waals surface area contributed by atoms with E-state index in [1.807, 2.05) is 24.3 Å². The van der Waals surface area contributed by atoms with Crippen molar-refractivity contribution < 1.29 is 4.79 Å². The highest BCUT2D eigenvalue weighted by Gasteiger charge is 2.30. The summed E-state index contributed by atoms with van der Waals surface area (Å²) in [5.74, 6) is 0.969. The number of thiol groups is 1. The van der Waals surface area contributed by atoms with Gasteiger partial charge < -0.3 is 9.80 Å². The zero-order valence-electron chi connectivity index (χ0n) is 18.6. The number of piperidine rings is 2. The molecule has 0 N–H and O–H groups in total. The minimum atomic E-state index is 0.186. The van der Waals surface area contributed by atoms with Gasteiger partial charge in [-0.2, -0.15) is 0 Å². The Bertz CT molecular complexity index is 1060. The second kappa shape index (κ2) is 9.68. The lowest BCUT2D eigenvalue weighted by atomic mass is 9.88. The summed E-state index contributed by atoms with van der Waals surface area (Å²) in [7, 11) is 0. The van der Waals surface area contributed by atoms with E-state index in [1.54, 1.807) is 0 Å². The summed E-state index contributed by atoms with van der Waals surface area (Å²) in [4.78, 5) is 19.0. The maximum Gasteiger partial charge on any atom is 0.254 e. The molecule has 2 aliphatic rings. The lowest BCUT2D eigenvalue weighted by molar-refractivity contribution is 0.0554. The Morgan fingerprint density at radius 3 is 2.25 bits per heavy atom. The van der Waals surface area contributed by atoms with Gasteiger partial charge in [0.25, 0.3) is 5.91 Å². The van der Waals surface area contributed by atoms with Crippen LogP contribution in [-0.2, 0) is 6.42 Å². The summed E-state index contributed by atoms with van der Waals surface area (Å²) in [6.07, 6.45) is 5.91. The molecule has 32 heavy (non-hydrogen) atoms. The quantitative estimate of drug-likeness (QED) is 0.523. The number of hydrogen-bond donors (Lipinski definition) is 1. The number of benzene rings is 3. The van der Waals surface area contributed by atoms with E-state index in [0.717, 1.165) is 53.1 Å². The molecule has 2 heterocycles. The van der Waals surface area contributed by atoms with Crippen LogP contribution in [0.5, 0.6) is 0 Å². The fourth-order valence-corrected chi connectivity index (χ4v) is 5.65. The van der Waals surface area contributed by atoms with Crippen molar-refractivity contribution in [2.75, 3.05) is 26.2 Å². The molecule has 0 saturated carbocycles. The average Bonchev–Trinajstić information content (AvgIpc) is 2.85. The first-order valence-electron chi connectivity index (χ1n) is 12.0. The Balaban J connectivity index is 1.13. The molecule has 2 aliphatic heterocycles. The van der Waals surface area contributed by atoms with E-state index in [4.69, 9.17) is 0 Å².